The highest BCUT2D eigenvalue weighted by Gasteiger charge is 2.27. The monoisotopic (exact) mass is 277 g/mol. The third-order valence-corrected chi connectivity index (χ3v) is 3.54. The van der Waals surface area contributed by atoms with Crippen LogP contribution in [0.25, 0.3) is 0 Å². The van der Waals surface area contributed by atoms with Gasteiger partial charge in [-0.2, -0.15) is 0 Å². The number of carbonyl (C=O) groups excluding carboxylic acids is 2. The van der Waals surface area contributed by atoms with Crippen LogP contribution in [0, 0.1) is 12.3 Å². The number of likely N-dealkylation sites (N-methyl/N-ethyl adjacent to an activating group) is 3. The first-order valence-electron chi connectivity index (χ1n) is 6.75. The molecular weight excluding hydrogens is 254 g/mol. The molecule has 0 N–H and O–H groups in total. The summed E-state index contributed by atoms with van der Waals surface area (Å²) in [5.74, 6) is 2.66. The van der Waals surface area contributed by atoms with Gasteiger partial charge in [-0.05, 0) is 13.5 Å². The molecule has 1 unspecified atom stereocenters. The van der Waals surface area contributed by atoms with Crippen LogP contribution in [0.1, 0.15) is 12.8 Å². The average Bonchev–Trinajstić information content (AvgIpc) is 2.41. The quantitative estimate of drug-likeness (QED) is 0.532. The van der Waals surface area contributed by atoms with Crippen molar-refractivity contribution >= 4 is 11.8 Å². The maximum absolute atomic E-state index is 12.0. The normalized spacial score (nSPS) is 19.4. The lowest BCUT2D eigenvalue weighted by molar-refractivity contribution is -0.137. The molecule has 5 heteroatoms. The summed E-state index contributed by atoms with van der Waals surface area (Å²) in [6.45, 7) is 1.81. The van der Waals surface area contributed by atoms with Gasteiger partial charge in [0.25, 0.3) is 0 Å². The first kappa shape index (κ1) is 16.3. The van der Waals surface area contributed by atoms with Gasteiger partial charge in [0.05, 0.1) is 6.54 Å². The van der Waals surface area contributed by atoms with Crippen LogP contribution in [0.3, 0.4) is 0 Å². The van der Waals surface area contributed by atoms with Gasteiger partial charge in [-0.3, -0.25) is 14.5 Å². The molecule has 110 valence electrons. The van der Waals surface area contributed by atoms with E-state index >= 15 is 0 Å². The fourth-order valence-electron chi connectivity index (χ4n) is 2.16. The van der Waals surface area contributed by atoms with Crippen molar-refractivity contribution in [3.63, 3.8) is 0 Å². The van der Waals surface area contributed by atoms with Crippen LogP contribution in [0.15, 0.2) is 12.2 Å². The lowest BCUT2D eigenvalue weighted by Crippen LogP contribution is -2.48. The predicted molar refractivity (Wildman–Crippen MR) is 78.9 cm³/mol. The molecule has 0 aromatic rings. The van der Waals surface area contributed by atoms with Gasteiger partial charge in [0.2, 0.25) is 11.8 Å². The molecular formula is C15H23N3O2. The summed E-state index contributed by atoms with van der Waals surface area (Å²) in [7, 11) is 5.46. The summed E-state index contributed by atoms with van der Waals surface area (Å²) >= 11 is 0. The Morgan fingerprint density at radius 1 is 1.55 bits per heavy atom. The van der Waals surface area contributed by atoms with E-state index in [-0.39, 0.29) is 17.9 Å². The van der Waals surface area contributed by atoms with Crippen LogP contribution in [-0.2, 0) is 9.59 Å². The van der Waals surface area contributed by atoms with Crippen LogP contribution >= 0.6 is 0 Å². The Hall–Kier alpha value is -1.80. The second-order valence-corrected chi connectivity index (χ2v) is 5.22. The van der Waals surface area contributed by atoms with Gasteiger partial charge in [0, 0.05) is 45.7 Å². The zero-order chi connectivity index (χ0) is 15.1. The molecule has 1 rings (SSSR count). The number of terminal acetylenes is 1. The molecule has 0 aromatic heterocycles. The summed E-state index contributed by atoms with van der Waals surface area (Å²) < 4.78 is 0. The molecule has 5 nitrogen and oxygen atoms in total. The van der Waals surface area contributed by atoms with E-state index in [4.69, 9.17) is 6.42 Å². The molecule has 0 aliphatic carbocycles. The van der Waals surface area contributed by atoms with Crippen LogP contribution < -0.4 is 0 Å². The van der Waals surface area contributed by atoms with Crippen molar-refractivity contribution in [2.45, 2.75) is 18.9 Å². The highest BCUT2D eigenvalue weighted by molar-refractivity contribution is 5.88. The first-order chi connectivity index (χ1) is 9.45. The van der Waals surface area contributed by atoms with E-state index in [0.29, 0.717) is 26.1 Å². The number of hydrogen-bond acceptors (Lipinski definition) is 3. The highest BCUT2D eigenvalue weighted by atomic mass is 16.2. The molecule has 2 amide bonds. The predicted octanol–water partition coefficient (Wildman–Crippen LogP) is 0.187. The number of likely N-dealkylation sites (tertiary alicyclic amines) is 1. The van der Waals surface area contributed by atoms with Gasteiger partial charge in [-0.15, -0.1) is 6.42 Å². The zero-order valence-corrected chi connectivity index (χ0v) is 12.5. The summed E-state index contributed by atoms with van der Waals surface area (Å²) in [5, 5.41) is 0. The number of hydrogen-bond donors (Lipinski definition) is 0. The summed E-state index contributed by atoms with van der Waals surface area (Å²) in [6.07, 6.45) is 9.83. The molecule has 0 aromatic carbocycles. The maximum atomic E-state index is 12.0. The molecule has 1 heterocycles. The van der Waals surface area contributed by atoms with Gasteiger partial charge in [-0.1, -0.05) is 12.0 Å². The fraction of sp³-hybridized carbons (Fsp3) is 0.600. The lowest BCUT2D eigenvalue weighted by atomic mass is 10.0. The van der Waals surface area contributed by atoms with Crippen molar-refractivity contribution in [1.82, 2.24) is 14.7 Å². The van der Waals surface area contributed by atoms with E-state index in [1.54, 1.807) is 30.0 Å². The molecule has 0 spiro atoms. The molecule has 1 aliphatic rings. The Bertz CT molecular complexity index is 425. The topological polar surface area (TPSA) is 43.9 Å². The fourth-order valence-corrected chi connectivity index (χ4v) is 2.16. The number of carbonyl (C=O) groups is 2. The van der Waals surface area contributed by atoms with Gasteiger partial charge in [-0.25, -0.2) is 0 Å². The number of rotatable bonds is 5. The third-order valence-electron chi connectivity index (χ3n) is 3.54. The summed E-state index contributed by atoms with van der Waals surface area (Å²) in [4.78, 5) is 28.8. The molecule has 0 bridgehead atoms. The standard InChI is InChI=1S/C15H23N3O2/c1-5-10-16(2)11-6-7-15(20)18(4)13-8-9-14(19)17(3)12-13/h1,6-7,13H,8-12H2,2-4H3/b7-6+. The smallest absolute Gasteiger partial charge is 0.246 e. The second-order valence-electron chi connectivity index (χ2n) is 5.22. The van der Waals surface area contributed by atoms with E-state index in [0.717, 1.165) is 6.42 Å². The van der Waals surface area contributed by atoms with E-state index in [1.165, 1.54) is 0 Å². The molecule has 0 radical (unpaired) electrons. The first-order valence-corrected chi connectivity index (χ1v) is 6.75. The van der Waals surface area contributed by atoms with Crippen LogP contribution in [0.2, 0.25) is 0 Å². The van der Waals surface area contributed by atoms with Crippen molar-refractivity contribution in [1.29, 1.82) is 0 Å². The summed E-state index contributed by atoms with van der Waals surface area (Å²) in [5.41, 5.74) is 0. The van der Waals surface area contributed by atoms with Gasteiger partial charge in [0.15, 0.2) is 0 Å². The van der Waals surface area contributed by atoms with Crippen molar-refractivity contribution in [3.8, 4) is 12.3 Å². The van der Waals surface area contributed by atoms with Crippen LogP contribution in [-0.4, -0.2) is 73.3 Å². The average molecular weight is 277 g/mol. The van der Waals surface area contributed by atoms with Crippen LogP contribution in [0.4, 0.5) is 0 Å². The van der Waals surface area contributed by atoms with Gasteiger partial charge >= 0.3 is 0 Å². The molecule has 1 aliphatic heterocycles. The Labute approximate surface area is 121 Å². The van der Waals surface area contributed by atoms with E-state index in [9.17, 15) is 9.59 Å². The van der Waals surface area contributed by atoms with E-state index in [1.807, 2.05) is 18.0 Å². The number of nitrogens with zero attached hydrogens (tertiary/aromatic N) is 3. The summed E-state index contributed by atoms with van der Waals surface area (Å²) in [6, 6.07) is 0.0956. The van der Waals surface area contributed by atoms with Gasteiger partial charge < -0.3 is 9.80 Å². The van der Waals surface area contributed by atoms with Crippen LogP contribution in [0.5, 0.6) is 0 Å². The molecule has 20 heavy (non-hydrogen) atoms. The Morgan fingerprint density at radius 2 is 2.25 bits per heavy atom. The van der Waals surface area contributed by atoms with E-state index < -0.39 is 0 Å². The maximum Gasteiger partial charge on any atom is 0.246 e. The molecule has 0 saturated carbocycles. The Balaban J connectivity index is 2.45. The van der Waals surface area contributed by atoms with Gasteiger partial charge in [0.1, 0.15) is 0 Å². The van der Waals surface area contributed by atoms with Crippen molar-refractivity contribution in [2.24, 2.45) is 0 Å². The third kappa shape index (κ3) is 4.71. The molecule has 1 atom stereocenters. The SMILES string of the molecule is C#CCN(C)C/C=C/C(=O)N(C)C1CCC(=O)N(C)C1. The minimum Gasteiger partial charge on any atom is -0.344 e. The molecule has 1 fully saturated rings. The Kier molecular flexibility index (Phi) is 6.26. The largest absolute Gasteiger partial charge is 0.344 e. The van der Waals surface area contributed by atoms with Crippen molar-refractivity contribution in [2.75, 3.05) is 40.8 Å². The molecule has 1 saturated heterocycles. The number of piperidine rings is 1. The van der Waals surface area contributed by atoms with Crippen molar-refractivity contribution < 1.29 is 9.59 Å². The van der Waals surface area contributed by atoms with Crippen molar-refractivity contribution in [3.05, 3.63) is 12.2 Å². The van der Waals surface area contributed by atoms with E-state index in [2.05, 4.69) is 5.92 Å². The lowest BCUT2D eigenvalue weighted by Gasteiger charge is -2.35. The highest BCUT2D eigenvalue weighted by Crippen LogP contribution is 2.14. The minimum absolute atomic E-state index is 0.0353. The zero-order valence-electron chi connectivity index (χ0n) is 12.5. The number of amides is 2. The Morgan fingerprint density at radius 3 is 2.85 bits per heavy atom. The second kappa shape index (κ2) is 7.71. The minimum atomic E-state index is -0.0353.